The van der Waals surface area contributed by atoms with Crippen molar-refractivity contribution in [3.05, 3.63) is 29.8 Å². The molecule has 0 saturated heterocycles. The Balaban J connectivity index is 2.67. The lowest BCUT2D eigenvalue weighted by Crippen LogP contribution is -2.19. The van der Waals surface area contributed by atoms with E-state index in [9.17, 15) is 9.90 Å². The normalized spacial score (nSPS) is 11.5. The number of nitrogens with one attached hydrogen (secondary N) is 1. The van der Waals surface area contributed by atoms with E-state index in [1.54, 1.807) is 18.2 Å². The number of carboxylic acid groups (broad SMARTS) is 1. The van der Waals surface area contributed by atoms with Gasteiger partial charge in [-0.1, -0.05) is 12.1 Å². The molecule has 0 aromatic heterocycles. The van der Waals surface area contributed by atoms with Crippen molar-refractivity contribution in [2.45, 2.75) is 12.5 Å². The van der Waals surface area contributed by atoms with Crippen molar-refractivity contribution >= 4 is 11.7 Å². The van der Waals surface area contributed by atoms with E-state index in [2.05, 4.69) is 11.2 Å². The Morgan fingerprint density at radius 2 is 2.19 bits per heavy atom. The first-order chi connectivity index (χ1) is 7.65. The largest absolute Gasteiger partial charge is 0.478 e. The number of carbonyl (C=O) groups is 1. The monoisotopic (exact) mass is 219 g/mol. The van der Waals surface area contributed by atoms with Gasteiger partial charge in [0.1, 0.15) is 0 Å². The highest BCUT2D eigenvalue weighted by molar-refractivity contribution is 5.94. The summed E-state index contributed by atoms with van der Waals surface area (Å²) in [5, 5.41) is 21.1. The second-order valence-electron chi connectivity index (χ2n) is 3.29. The van der Waals surface area contributed by atoms with E-state index in [4.69, 9.17) is 11.5 Å². The average Bonchev–Trinajstić information content (AvgIpc) is 2.27. The summed E-state index contributed by atoms with van der Waals surface area (Å²) in [4.78, 5) is 10.9. The maximum Gasteiger partial charge on any atom is 0.337 e. The van der Waals surface area contributed by atoms with Crippen LogP contribution in [0.4, 0.5) is 5.69 Å². The molecule has 4 heteroatoms. The van der Waals surface area contributed by atoms with Crippen molar-refractivity contribution in [2.24, 2.45) is 0 Å². The van der Waals surface area contributed by atoms with Gasteiger partial charge in [-0.25, -0.2) is 4.79 Å². The Labute approximate surface area is 93.9 Å². The van der Waals surface area contributed by atoms with E-state index in [-0.39, 0.29) is 18.5 Å². The van der Waals surface area contributed by atoms with Crippen molar-refractivity contribution in [1.29, 1.82) is 0 Å². The summed E-state index contributed by atoms with van der Waals surface area (Å²) in [5.41, 5.74) is 0.654. The minimum atomic E-state index is -1.01. The molecule has 4 nitrogen and oxygen atoms in total. The minimum absolute atomic E-state index is 0.176. The van der Waals surface area contributed by atoms with Crippen LogP contribution >= 0.6 is 0 Å². The number of aliphatic hydroxyl groups is 1. The number of aliphatic hydroxyl groups excluding tert-OH is 1. The molecule has 0 spiro atoms. The Hall–Kier alpha value is -1.99. The van der Waals surface area contributed by atoms with Crippen LogP contribution in [0, 0.1) is 12.3 Å². The third kappa shape index (κ3) is 3.30. The predicted molar refractivity (Wildman–Crippen MR) is 61.3 cm³/mol. The lowest BCUT2D eigenvalue weighted by atomic mass is 10.1. The summed E-state index contributed by atoms with van der Waals surface area (Å²) in [6, 6.07) is 6.51. The van der Waals surface area contributed by atoms with Crippen molar-refractivity contribution < 1.29 is 15.0 Å². The molecule has 1 unspecified atom stereocenters. The maximum atomic E-state index is 10.9. The van der Waals surface area contributed by atoms with Gasteiger partial charge in [0.25, 0.3) is 0 Å². The van der Waals surface area contributed by atoms with Crippen molar-refractivity contribution in [3.8, 4) is 12.3 Å². The Bertz CT molecular complexity index is 409. The van der Waals surface area contributed by atoms with Crippen molar-refractivity contribution in [3.63, 3.8) is 0 Å². The number of aromatic carboxylic acids is 1. The third-order valence-corrected chi connectivity index (χ3v) is 2.04. The Kier molecular flexibility index (Phi) is 4.37. The number of para-hydroxylation sites is 1. The molecule has 0 aliphatic carbocycles. The minimum Gasteiger partial charge on any atom is -0.478 e. The van der Waals surface area contributed by atoms with Gasteiger partial charge in [0.15, 0.2) is 0 Å². The van der Waals surface area contributed by atoms with Gasteiger partial charge in [0, 0.05) is 18.7 Å². The van der Waals surface area contributed by atoms with Crippen molar-refractivity contribution in [1.82, 2.24) is 0 Å². The lowest BCUT2D eigenvalue weighted by Gasteiger charge is -2.12. The van der Waals surface area contributed by atoms with Crippen LogP contribution in [-0.2, 0) is 0 Å². The summed E-state index contributed by atoms with van der Waals surface area (Å²) < 4.78 is 0. The highest BCUT2D eigenvalue weighted by Crippen LogP contribution is 2.14. The second-order valence-corrected chi connectivity index (χ2v) is 3.29. The molecule has 1 atom stereocenters. The molecule has 0 radical (unpaired) electrons. The number of hydrogen-bond acceptors (Lipinski definition) is 3. The van der Waals surface area contributed by atoms with Crippen LogP contribution in [0.2, 0.25) is 0 Å². The number of rotatable bonds is 5. The SMILES string of the molecule is C#CCC(O)CNc1ccccc1C(=O)O. The number of benzene rings is 1. The molecule has 0 heterocycles. The number of hydrogen-bond donors (Lipinski definition) is 3. The molecular weight excluding hydrogens is 206 g/mol. The molecule has 0 aliphatic heterocycles. The fourth-order valence-corrected chi connectivity index (χ4v) is 1.26. The first-order valence-electron chi connectivity index (χ1n) is 4.83. The third-order valence-electron chi connectivity index (χ3n) is 2.04. The molecule has 1 rings (SSSR count). The van der Waals surface area contributed by atoms with E-state index < -0.39 is 12.1 Å². The lowest BCUT2D eigenvalue weighted by molar-refractivity contribution is 0.0697. The van der Waals surface area contributed by atoms with Gasteiger partial charge in [-0.15, -0.1) is 12.3 Å². The number of anilines is 1. The molecule has 84 valence electrons. The van der Waals surface area contributed by atoms with Gasteiger partial charge in [-0.2, -0.15) is 0 Å². The molecule has 1 aromatic rings. The smallest absolute Gasteiger partial charge is 0.337 e. The molecule has 16 heavy (non-hydrogen) atoms. The number of carboxylic acids is 1. The Morgan fingerprint density at radius 3 is 2.81 bits per heavy atom. The average molecular weight is 219 g/mol. The van der Waals surface area contributed by atoms with E-state index in [1.165, 1.54) is 6.07 Å². The van der Waals surface area contributed by atoms with Crippen LogP contribution in [0.3, 0.4) is 0 Å². The van der Waals surface area contributed by atoms with Gasteiger partial charge >= 0.3 is 5.97 Å². The fourth-order valence-electron chi connectivity index (χ4n) is 1.26. The summed E-state index contributed by atoms with van der Waals surface area (Å²) >= 11 is 0. The molecule has 3 N–H and O–H groups in total. The molecule has 0 fully saturated rings. The first-order valence-corrected chi connectivity index (χ1v) is 4.83. The van der Waals surface area contributed by atoms with Gasteiger partial charge in [-0.3, -0.25) is 0 Å². The molecule has 0 amide bonds. The fraction of sp³-hybridized carbons (Fsp3) is 0.250. The van der Waals surface area contributed by atoms with E-state index in [1.807, 2.05) is 0 Å². The quantitative estimate of drug-likeness (QED) is 0.650. The second kappa shape index (κ2) is 5.79. The zero-order valence-corrected chi connectivity index (χ0v) is 8.68. The number of terminal acetylenes is 1. The zero-order chi connectivity index (χ0) is 12.0. The topological polar surface area (TPSA) is 69.6 Å². The molecule has 0 bridgehead atoms. The highest BCUT2D eigenvalue weighted by atomic mass is 16.4. The van der Waals surface area contributed by atoms with Gasteiger partial charge in [0.05, 0.1) is 11.7 Å². The van der Waals surface area contributed by atoms with Crippen LogP contribution in [0.25, 0.3) is 0 Å². The summed E-state index contributed by atoms with van der Waals surface area (Å²) in [6.07, 6.45) is 4.61. The van der Waals surface area contributed by atoms with Gasteiger partial charge in [-0.05, 0) is 12.1 Å². The van der Waals surface area contributed by atoms with Crippen LogP contribution in [0.1, 0.15) is 16.8 Å². The summed E-state index contributed by atoms with van der Waals surface area (Å²) in [6.45, 7) is 0.231. The zero-order valence-electron chi connectivity index (χ0n) is 8.68. The molecule has 0 saturated carbocycles. The first kappa shape index (κ1) is 12.1. The van der Waals surface area contributed by atoms with E-state index in [0.29, 0.717) is 5.69 Å². The van der Waals surface area contributed by atoms with Gasteiger partial charge < -0.3 is 15.5 Å². The van der Waals surface area contributed by atoms with Crippen molar-refractivity contribution in [2.75, 3.05) is 11.9 Å². The van der Waals surface area contributed by atoms with Crippen LogP contribution < -0.4 is 5.32 Å². The summed E-state index contributed by atoms with van der Waals surface area (Å²) in [7, 11) is 0. The van der Waals surface area contributed by atoms with E-state index in [0.717, 1.165) is 0 Å². The predicted octanol–water partition coefficient (Wildman–Crippen LogP) is 1.18. The standard InChI is InChI=1S/C12H13NO3/c1-2-5-9(14)8-13-11-7-4-3-6-10(11)12(15)16/h1,3-4,6-7,9,13-14H,5,8H2,(H,15,16). The van der Waals surface area contributed by atoms with Crippen LogP contribution in [0.15, 0.2) is 24.3 Å². The molecular formula is C12H13NO3. The maximum absolute atomic E-state index is 10.9. The molecule has 0 aliphatic rings. The van der Waals surface area contributed by atoms with Crippen LogP contribution in [0.5, 0.6) is 0 Å². The Morgan fingerprint density at radius 1 is 1.50 bits per heavy atom. The van der Waals surface area contributed by atoms with E-state index >= 15 is 0 Å². The highest BCUT2D eigenvalue weighted by Gasteiger charge is 2.09. The van der Waals surface area contributed by atoms with Crippen LogP contribution in [-0.4, -0.2) is 28.8 Å². The summed E-state index contributed by atoms with van der Waals surface area (Å²) in [5.74, 6) is 1.33. The molecule has 1 aromatic carbocycles. The van der Waals surface area contributed by atoms with Gasteiger partial charge in [0.2, 0.25) is 0 Å².